The molecule has 3 heterocycles. The van der Waals surface area contributed by atoms with Crippen molar-refractivity contribution in [2.45, 2.75) is 45.2 Å². The number of hydrogen-bond acceptors (Lipinski definition) is 6. The smallest absolute Gasteiger partial charge is 0.276 e. The maximum Gasteiger partial charge on any atom is 0.276 e. The van der Waals surface area contributed by atoms with Crippen LogP contribution in [-0.2, 0) is 21.8 Å². The highest BCUT2D eigenvalue weighted by atomic mass is 32.2. The van der Waals surface area contributed by atoms with Gasteiger partial charge in [0.05, 0.1) is 16.4 Å². The second-order valence-electron chi connectivity index (χ2n) is 8.99. The number of rotatable bonds is 5. The quantitative estimate of drug-likeness (QED) is 0.561. The van der Waals surface area contributed by atoms with Gasteiger partial charge in [0, 0.05) is 18.7 Å². The maximum absolute atomic E-state index is 13.4. The van der Waals surface area contributed by atoms with Crippen molar-refractivity contribution < 1.29 is 17.7 Å². The van der Waals surface area contributed by atoms with Crippen molar-refractivity contribution in [3.63, 3.8) is 0 Å². The van der Waals surface area contributed by atoms with Gasteiger partial charge in [-0.2, -0.15) is 0 Å². The predicted molar refractivity (Wildman–Crippen MR) is 122 cm³/mol. The highest BCUT2D eigenvalue weighted by molar-refractivity contribution is 7.91. The number of sulfone groups is 1. The van der Waals surface area contributed by atoms with Crippen LogP contribution >= 0.6 is 11.3 Å². The number of carbonyl (C=O) groups excluding carboxylic acids is 1. The van der Waals surface area contributed by atoms with Crippen LogP contribution in [0, 0.1) is 0 Å². The van der Waals surface area contributed by atoms with Crippen molar-refractivity contribution in [2.24, 2.45) is 0 Å². The van der Waals surface area contributed by atoms with Crippen molar-refractivity contribution in [3.05, 3.63) is 64.7 Å². The van der Waals surface area contributed by atoms with Crippen molar-refractivity contribution in [3.8, 4) is 10.6 Å². The van der Waals surface area contributed by atoms with Gasteiger partial charge in [-0.05, 0) is 34.4 Å². The van der Waals surface area contributed by atoms with Crippen LogP contribution in [0.4, 0.5) is 0 Å². The van der Waals surface area contributed by atoms with Crippen molar-refractivity contribution in [1.29, 1.82) is 0 Å². The molecule has 0 saturated carbocycles. The Morgan fingerprint density at radius 1 is 1.23 bits per heavy atom. The van der Waals surface area contributed by atoms with Gasteiger partial charge in [-0.15, -0.1) is 11.3 Å². The molecular formula is C23H26N2O4S2. The molecule has 1 atom stereocenters. The SMILES string of the molecule is CC(C)(C)c1ccc(CN(C(=O)c2cc(-c3cccs3)on2)C2CCS(=O)(=O)C2)cc1. The molecule has 1 aliphatic rings. The topological polar surface area (TPSA) is 80.5 Å². The molecule has 8 heteroatoms. The monoisotopic (exact) mass is 458 g/mol. The molecule has 0 N–H and O–H groups in total. The van der Waals surface area contributed by atoms with Crippen molar-refractivity contribution in [2.75, 3.05) is 11.5 Å². The van der Waals surface area contributed by atoms with E-state index in [0.29, 0.717) is 18.7 Å². The lowest BCUT2D eigenvalue weighted by molar-refractivity contribution is 0.0670. The van der Waals surface area contributed by atoms with E-state index in [9.17, 15) is 13.2 Å². The molecule has 1 unspecified atom stereocenters. The van der Waals surface area contributed by atoms with Gasteiger partial charge >= 0.3 is 0 Å². The summed E-state index contributed by atoms with van der Waals surface area (Å²) in [6.07, 6.45) is 0.434. The first kappa shape index (κ1) is 21.8. The highest BCUT2D eigenvalue weighted by Gasteiger charge is 2.36. The average Bonchev–Trinajstić information content (AvgIpc) is 3.45. The van der Waals surface area contributed by atoms with Gasteiger partial charge in [-0.3, -0.25) is 4.79 Å². The fraction of sp³-hybridized carbons (Fsp3) is 0.391. The Balaban J connectivity index is 1.61. The van der Waals surface area contributed by atoms with Gasteiger partial charge in [0.1, 0.15) is 0 Å². The van der Waals surface area contributed by atoms with E-state index in [2.05, 4.69) is 38.1 Å². The van der Waals surface area contributed by atoms with Crippen LogP contribution in [-0.4, -0.2) is 41.9 Å². The molecule has 1 aromatic carbocycles. The van der Waals surface area contributed by atoms with Crippen molar-refractivity contribution >= 4 is 27.1 Å². The van der Waals surface area contributed by atoms with Crippen LogP contribution in [0.25, 0.3) is 10.6 Å². The number of thiophene rings is 1. The zero-order valence-corrected chi connectivity index (χ0v) is 19.5. The number of benzene rings is 1. The number of amides is 1. The Kier molecular flexibility index (Phi) is 5.79. The number of carbonyl (C=O) groups is 1. The zero-order valence-electron chi connectivity index (χ0n) is 17.9. The van der Waals surface area contributed by atoms with Gasteiger partial charge in [0.2, 0.25) is 0 Å². The molecule has 1 aliphatic heterocycles. The molecule has 0 spiro atoms. The van der Waals surface area contributed by atoms with Gasteiger partial charge in [0.15, 0.2) is 21.3 Å². The third kappa shape index (κ3) is 4.91. The summed E-state index contributed by atoms with van der Waals surface area (Å²) < 4.78 is 29.6. The van der Waals surface area contributed by atoms with Crippen LogP contribution in [0.5, 0.6) is 0 Å². The summed E-state index contributed by atoms with van der Waals surface area (Å²) in [7, 11) is -3.14. The zero-order chi connectivity index (χ0) is 22.2. The predicted octanol–water partition coefficient (Wildman–Crippen LogP) is 4.53. The third-order valence-electron chi connectivity index (χ3n) is 5.58. The van der Waals surface area contributed by atoms with E-state index in [0.717, 1.165) is 10.4 Å². The first-order chi connectivity index (χ1) is 14.6. The number of aromatic nitrogens is 1. The summed E-state index contributed by atoms with van der Waals surface area (Å²) in [5.74, 6) is 0.304. The summed E-state index contributed by atoms with van der Waals surface area (Å²) in [4.78, 5) is 15.9. The molecule has 164 valence electrons. The molecule has 1 saturated heterocycles. The van der Waals surface area contributed by atoms with Crippen LogP contribution in [0.15, 0.2) is 52.4 Å². The summed E-state index contributed by atoms with van der Waals surface area (Å²) in [5, 5.41) is 5.91. The Morgan fingerprint density at radius 3 is 2.55 bits per heavy atom. The maximum atomic E-state index is 13.4. The molecule has 0 aliphatic carbocycles. The van der Waals surface area contributed by atoms with E-state index in [4.69, 9.17) is 4.52 Å². The van der Waals surface area contributed by atoms with E-state index < -0.39 is 9.84 Å². The fourth-order valence-corrected chi connectivity index (χ4v) is 6.16. The summed E-state index contributed by atoms with van der Waals surface area (Å²) in [6, 6.07) is 13.2. The van der Waals surface area contributed by atoms with E-state index in [-0.39, 0.29) is 34.6 Å². The summed E-state index contributed by atoms with van der Waals surface area (Å²) in [5.41, 5.74) is 2.38. The van der Waals surface area contributed by atoms with Gasteiger partial charge in [-0.25, -0.2) is 8.42 Å². The second kappa shape index (κ2) is 8.24. The molecule has 1 amide bonds. The van der Waals surface area contributed by atoms with Gasteiger partial charge < -0.3 is 9.42 Å². The lowest BCUT2D eigenvalue weighted by Gasteiger charge is -2.28. The molecule has 6 nitrogen and oxygen atoms in total. The molecule has 3 aromatic rings. The largest absolute Gasteiger partial charge is 0.355 e. The fourth-order valence-electron chi connectivity index (χ4n) is 3.75. The summed E-state index contributed by atoms with van der Waals surface area (Å²) in [6.45, 7) is 6.77. The molecular weight excluding hydrogens is 432 g/mol. The number of hydrogen-bond donors (Lipinski definition) is 0. The molecule has 1 fully saturated rings. The minimum atomic E-state index is -3.14. The van der Waals surface area contributed by atoms with Crippen LogP contribution in [0.1, 0.15) is 48.8 Å². The second-order valence-corrected chi connectivity index (χ2v) is 12.2. The molecule has 0 bridgehead atoms. The van der Waals surface area contributed by atoms with E-state index >= 15 is 0 Å². The summed E-state index contributed by atoms with van der Waals surface area (Å²) >= 11 is 1.50. The van der Waals surface area contributed by atoms with Crippen LogP contribution in [0.3, 0.4) is 0 Å². The lowest BCUT2D eigenvalue weighted by atomic mass is 9.86. The van der Waals surface area contributed by atoms with E-state index in [1.165, 1.54) is 16.9 Å². The first-order valence-corrected chi connectivity index (χ1v) is 12.9. The Hall–Kier alpha value is -2.45. The van der Waals surface area contributed by atoms with Crippen molar-refractivity contribution in [1.82, 2.24) is 10.1 Å². The van der Waals surface area contributed by atoms with Gasteiger partial charge in [-0.1, -0.05) is 56.3 Å². The Morgan fingerprint density at radius 2 is 1.97 bits per heavy atom. The molecule has 2 aromatic heterocycles. The Bertz CT molecular complexity index is 1160. The third-order valence-corrected chi connectivity index (χ3v) is 8.21. The molecule has 31 heavy (non-hydrogen) atoms. The molecule has 0 radical (unpaired) electrons. The normalized spacial score (nSPS) is 18.2. The number of nitrogens with zero attached hydrogens (tertiary/aromatic N) is 2. The van der Waals surface area contributed by atoms with Crippen LogP contribution < -0.4 is 0 Å². The highest BCUT2D eigenvalue weighted by Crippen LogP contribution is 2.28. The molecule has 4 rings (SSSR count). The van der Waals surface area contributed by atoms with Crippen LogP contribution in [0.2, 0.25) is 0 Å². The lowest BCUT2D eigenvalue weighted by Crippen LogP contribution is -2.40. The Labute approximate surface area is 186 Å². The minimum Gasteiger partial charge on any atom is -0.355 e. The van der Waals surface area contributed by atoms with E-state index in [1.807, 2.05) is 29.6 Å². The average molecular weight is 459 g/mol. The minimum absolute atomic E-state index is 0.0194. The van der Waals surface area contributed by atoms with E-state index in [1.54, 1.807) is 11.0 Å². The standard InChI is InChI=1S/C23H26N2O4S2/c1-23(2,3)17-8-6-16(7-9-17)14-25(18-10-12-31(27,28)15-18)22(26)19-13-20(29-24-19)21-5-4-11-30-21/h4-9,11,13,18H,10,12,14-15H2,1-3H3. The first-order valence-electron chi connectivity index (χ1n) is 10.2. The van der Waals surface area contributed by atoms with Gasteiger partial charge in [0.25, 0.3) is 5.91 Å².